The summed E-state index contributed by atoms with van der Waals surface area (Å²) in [4.78, 5) is 18.5. The molecule has 1 saturated heterocycles. The van der Waals surface area contributed by atoms with E-state index < -0.39 is 0 Å². The van der Waals surface area contributed by atoms with Gasteiger partial charge in [-0.2, -0.15) is 0 Å². The summed E-state index contributed by atoms with van der Waals surface area (Å²) in [6.45, 7) is 6.78. The largest absolute Gasteiger partial charge is 0.383 e. The molecule has 0 bridgehead atoms. The number of nitrogens with one attached hydrogen (secondary N) is 1. The molecular weight excluding hydrogens is 226 g/mol. The Balaban J connectivity index is 2.14. The van der Waals surface area contributed by atoms with E-state index in [0.717, 1.165) is 43.7 Å². The van der Waals surface area contributed by atoms with Gasteiger partial charge in [0.1, 0.15) is 0 Å². The summed E-state index contributed by atoms with van der Waals surface area (Å²) in [6, 6.07) is 1.81. The van der Waals surface area contributed by atoms with Gasteiger partial charge >= 0.3 is 0 Å². The third-order valence-corrected chi connectivity index (χ3v) is 3.57. The number of aromatic nitrogens is 1. The highest BCUT2D eigenvalue weighted by Crippen LogP contribution is 2.23. The Morgan fingerprint density at radius 2 is 2.39 bits per heavy atom. The summed E-state index contributed by atoms with van der Waals surface area (Å²) in [7, 11) is 0. The van der Waals surface area contributed by atoms with Gasteiger partial charge in [-0.3, -0.25) is 9.78 Å². The lowest BCUT2D eigenvalue weighted by Gasteiger charge is -2.18. The number of hydrogen-bond donors (Lipinski definition) is 1. The Hall–Kier alpha value is -1.58. The molecule has 0 saturated carbocycles. The van der Waals surface area contributed by atoms with E-state index in [0.29, 0.717) is 5.92 Å². The van der Waals surface area contributed by atoms with Crippen molar-refractivity contribution in [1.82, 2.24) is 9.88 Å². The fraction of sp³-hybridized carbons (Fsp3) is 0.571. The summed E-state index contributed by atoms with van der Waals surface area (Å²) in [5, 5.41) is 3.20. The minimum absolute atomic E-state index is 0.129. The van der Waals surface area contributed by atoms with Gasteiger partial charge in [0, 0.05) is 25.8 Å². The molecule has 2 rings (SSSR count). The van der Waals surface area contributed by atoms with Gasteiger partial charge < -0.3 is 10.2 Å². The summed E-state index contributed by atoms with van der Waals surface area (Å²) in [6.07, 6.45) is 5.69. The van der Waals surface area contributed by atoms with Crippen molar-refractivity contribution >= 4 is 11.6 Å². The molecular formula is C14H21N3O. The minimum Gasteiger partial charge on any atom is -0.383 e. The number of nitrogens with zero attached hydrogens (tertiary/aromatic N) is 2. The lowest BCUT2D eigenvalue weighted by atomic mass is 10.1. The number of rotatable bonds is 4. The van der Waals surface area contributed by atoms with Crippen molar-refractivity contribution in [3.05, 3.63) is 24.0 Å². The first-order valence-corrected chi connectivity index (χ1v) is 6.73. The van der Waals surface area contributed by atoms with Crippen LogP contribution in [-0.2, 0) is 0 Å². The number of anilines is 1. The molecule has 1 aromatic heterocycles. The molecule has 1 atom stereocenters. The van der Waals surface area contributed by atoms with E-state index in [2.05, 4.69) is 17.2 Å². The van der Waals surface area contributed by atoms with Gasteiger partial charge in [-0.25, -0.2) is 0 Å². The topological polar surface area (TPSA) is 45.2 Å². The monoisotopic (exact) mass is 247 g/mol. The third kappa shape index (κ3) is 2.63. The Bertz CT molecular complexity index is 419. The molecule has 4 heteroatoms. The first-order valence-electron chi connectivity index (χ1n) is 6.73. The first kappa shape index (κ1) is 12.9. The van der Waals surface area contributed by atoms with E-state index in [-0.39, 0.29) is 5.91 Å². The van der Waals surface area contributed by atoms with Crippen molar-refractivity contribution in [2.75, 3.05) is 25.0 Å². The van der Waals surface area contributed by atoms with Crippen LogP contribution in [0.4, 0.5) is 5.69 Å². The minimum atomic E-state index is 0.129. The van der Waals surface area contributed by atoms with Crippen molar-refractivity contribution in [2.24, 2.45) is 5.92 Å². The fourth-order valence-electron chi connectivity index (χ4n) is 2.43. The molecule has 1 aromatic rings. The van der Waals surface area contributed by atoms with Gasteiger partial charge in [0.25, 0.3) is 5.91 Å². The number of carbonyl (C=O) groups excluding carboxylic acids is 1. The maximum absolute atomic E-state index is 12.5. The Morgan fingerprint density at radius 3 is 3.06 bits per heavy atom. The Labute approximate surface area is 108 Å². The molecule has 0 aliphatic carbocycles. The molecule has 18 heavy (non-hydrogen) atoms. The zero-order chi connectivity index (χ0) is 13.0. The van der Waals surface area contributed by atoms with E-state index in [1.807, 2.05) is 11.8 Å². The summed E-state index contributed by atoms with van der Waals surface area (Å²) >= 11 is 0. The standard InChI is InChI=1S/C14H21N3O/c1-3-11-6-8-17(10-11)14(18)12-5-7-15-9-13(12)16-4-2/h5,7,9,11,16H,3-4,6,8,10H2,1-2H3. The molecule has 1 unspecified atom stereocenters. The van der Waals surface area contributed by atoms with Crippen LogP contribution >= 0.6 is 0 Å². The van der Waals surface area contributed by atoms with E-state index in [4.69, 9.17) is 0 Å². The summed E-state index contributed by atoms with van der Waals surface area (Å²) < 4.78 is 0. The molecule has 1 amide bonds. The molecule has 1 fully saturated rings. The van der Waals surface area contributed by atoms with Crippen LogP contribution in [0, 0.1) is 5.92 Å². The molecule has 0 spiro atoms. The van der Waals surface area contributed by atoms with E-state index >= 15 is 0 Å². The van der Waals surface area contributed by atoms with Crippen LogP contribution in [0.25, 0.3) is 0 Å². The normalized spacial score (nSPS) is 19.0. The van der Waals surface area contributed by atoms with Crippen LogP contribution in [0.2, 0.25) is 0 Å². The number of hydrogen-bond acceptors (Lipinski definition) is 3. The van der Waals surface area contributed by atoms with Crippen molar-refractivity contribution in [3.63, 3.8) is 0 Å². The molecule has 2 heterocycles. The number of amides is 1. The predicted octanol–water partition coefficient (Wildman–Crippen LogP) is 2.39. The van der Waals surface area contributed by atoms with Crippen LogP contribution in [0.3, 0.4) is 0 Å². The van der Waals surface area contributed by atoms with Gasteiger partial charge in [-0.05, 0) is 25.3 Å². The Morgan fingerprint density at radius 1 is 1.56 bits per heavy atom. The third-order valence-electron chi connectivity index (χ3n) is 3.57. The SMILES string of the molecule is CCNc1cnccc1C(=O)N1CCC(CC)C1. The van der Waals surface area contributed by atoms with Crippen LogP contribution in [0.1, 0.15) is 37.0 Å². The molecule has 1 aliphatic rings. The van der Waals surface area contributed by atoms with E-state index in [1.54, 1.807) is 18.5 Å². The van der Waals surface area contributed by atoms with Gasteiger partial charge in [0.2, 0.25) is 0 Å². The van der Waals surface area contributed by atoms with E-state index in [1.165, 1.54) is 0 Å². The highest BCUT2D eigenvalue weighted by Gasteiger charge is 2.26. The smallest absolute Gasteiger partial charge is 0.256 e. The fourth-order valence-corrected chi connectivity index (χ4v) is 2.43. The maximum Gasteiger partial charge on any atom is 0.256 e. The highest BCUT2D eigenvalue weighted by atomic mass is 16.2. The van der Waals surface area contributed by atoms with Crippen LogP contribution in [0.15, 0.2) is 18.5 Å². The second-order valence-electron chi connectivity index (χ2n) is 4.77. The molecule has 1 N–H and O–H groups in total. The average molecular weight is 247 g/mol. The van der Waals surface area contributed by atoms with Crippen LogP contribution in [0.5, 0.6) is 0 Å². The van der Waals surface area contributed by atoms with Crippen LogP contribution < -0.4 is 5.32 Å². The summed E-state index contributed by atoms with van der Waals surface area (Å²) in [5.74, 6) is 0.794. The van der Waals surface area contributed by atoms with Crippen molar-refractivity contribution in [2.45, 2.75) is 26.7 Å². The molecule has 98 valence electrons. The molecule has 0 aromatic carbocycles. The Kier molecular flexibility index (Phi) is 4.18. The first-order chi connectivity index (χ1) is 8.76. The maximum atomic E-state index is 12.5. The lowest BCUT2D eigenvalue weighted by molar-refractivity contribution is 0.0787. The van der Waals surface area contributed by atoms with Gasteiger partial charge in [0.15, 0.2) is 0 Å². The highest BCUT2D eigenvalue weighted by molar-refractivity contribution is 5.99. The van der Waals surface area contributed by atoms with E-state index in [9.17, 15) is 4.79 Å². The second kappa shape index (κ2) is 5.85. The van der Waals surface area contributed by atoms with Crippen molar-refractivity contribution in [1.29, 1.82) is 0 Å². The number of likely N-dealkylation sites (tertiary alicyclic amines) is 1. The second-order valence-corrected chi connectivity index (χ2v) is 4.77. The van der Waals surface area contributed by atoms with Crippen molar-refractivity contribution in [3.8, 4) is 0 Å². The molecule has 4 nitrogen and oxygen atoms in total. The number of pyridine rings is 1. The predicted molar refractivity (Wildman–Crippen MR) is 72.7 cm³/mol. The zero-order valence-electron chi connectivity index (χ0n) is 11.1. The van der Waals surface area contributed by atoms with Gasteiger partial charge in [-0.1, -0.05) is 13.3 Å². The summed E-state index contributed by atoms with van der Waals surface area (Å²) in [5.41, 5.74) is 1.58. The number of carbonyl (C=O) groups is 1. The van der Waals surface area contributed by atoms with Gasteiger partial charge in [0.05, 0.1) is 17.4 Å². The quantitative estimate of drug-likeness (QED) is 0.888. The molecule has 0 radical (unpaired) electrons. The van der Waals surface area contributed by atoms with Crippen LogP contribution in [-0.4, -0.2) is 35.4 Å². The molecule has 1 aliphatic heterocycles. The lowest BCUT2D eigenvalue weighted by Crippen LogP contribution is -2.29. The van der Waals surface area contributed by atoms with Gasteiger partial charge in [-0.15, -0.1) is 0 Å². The zero-order valence-corrected chi connectivity index (χ0v) is 11.1. The van der Waals surface area contributed by atoms with Crippen molar-refractivity contribution < 1.29 is 4.79 Å². The average Bonchev–Trinajstić information content (AvgIpc) is 2.88.